The van der Waals surface area contributed by atoms with Gasteiger partial charge in [0.2, 0.25) is 65.0 Å². The Labute approximate surface area is 812 Å². The van der Waals surface area contributed by atoms with Crippen LogP contribution in [0.15, 0.2) is 174 Å². The summed E-state index contributed by atoms with van der Waals surface area (Å²) in [5.74, 6) is 2.34. The number of Topliss-reactive ketones (excluding diaryl/α,β-unsaturated/α-hetero) is 1. The third-order valence-electron chi connectivity index (χ3n) is 23.7. The molecular weight excluding hydrogens is 1800 g/mol. The van der Waals surface area contributed by atoms with Crippen LogP contribution in [0.1, 0.15) is 248 Å². The molecule has 5 aromatic heterocycles. The number of hydrogen-bond donors (Lipinski definition) is 7. The smallest absolute Gasteiger partial charge is 0.253 e. The van der Waals surface area contributed by atoms with Crippen molar-refractivity contribution in [2.75, 3.05) is 96.5 Å². The summed E-state index contributed by atoms with van der Waals surface area (Å²) in [6.07, 6.45) is 3.92. The maximum absolute atomic E-state index is 12.9. The molecule has 5 fully saturated rings. The number of ketones is 1. The predicted octanol–water partition coefficient (Wildman–Crippen LogP) is 15.2. The van der Waals surface area contributed by atoms with Crippen molar-refractivity contribution in [1.29, 1.82) is 0 Å². The molecule has 5 aliphatic heterocycles. The van der Waals surface area contributed by atoms with Gasteiger partial charge in [-0.25, -0.2) is 0 Å². The van der Waals surface area contributed by atoms with Gasteiger partial charge in [-0.3, -0.25) is 91.6 Å². The molecule has 38 nitrogen and oxygen atoms in total. The number of carbonyl (C=O) groups excluding carboxylic acids is 14. The molecule has 0 unspecified atom stereocenters. The van der Waals surface area contributed by atoms with Gasteiger partial charge in [0.05, 0.1) is 0 Å². The van der Waals surface area contributed by atoms with Gasteiger partial charge in [-0.2, -0.15) is 0 Å². The van der Waals surface area contributed by atoms with Crippen LogP contribution >= 0.6 is 0 Å². The van der Waals surface area contributed by atoms with E-state index in [2.05, 4.69) is 63.0 Å². The van der Waals surface area contributed by atoms with Gasteiger partial charge in [-0.1, -0.05) is 155 Å². The fourth-order valence-electron chi connectivity index (χ4n) is 15.6. The Morgan fingerprint density at radius 3 is 0.864 bits per heavy atom. The molecule has 7 N–H and O–H groups in total. The summed E-state index contributed by atoms with van der Waals surface area (Å²) in [5.41, 5.74) is 5.01. The summed E-state index contributed by atoms with van der Waals surface area (Å²) in [4.78, 5) is 184. The molecule has 742 valence electrons. The Balaban J connectivity index is 0.000000167. The zero-order valence-electron chi connectivity index (χ0n) is 83.2. The lowest BCUT2D eigenvalue weighted by molar-refractivity contribution is -0.120. The Morgan fingerprint density at radius 2 is 0.614 bits per heavy atom. The third kappa shape index (κ3) is 26.0. The molecule has 0 spiro atoms. The van der Waals surface area contributed by atoms with E-state index < -0.39 is 30.2 Å². The molecule has 5 aliphatic rings. The maximum atomic E-state index is 12.9. The van der Waals surface area contributed by atoms with Crippen molar-refractivity contribution >= 4 is 151 Å². The summed E-state index contributed by atoms with van der Waals surface area (Å²) >= 11 is 0. The van der Waals surface area contributed by atoms with E-state index in [4.69, 9.17) is 22.6 Å². The molecule has 10 aromatic rings. The minimum absolute atomic E-state index is 0.00759. The number of nitrogens with zero attached hydrogens (tertiary/aromatic N) is 12. The molecule has 0 aliphatic carbocycles. The minimum Gasteiger partial charge on any atom is -0.388 e. The SMILES string of the molecule is CC(=O)N(C)c1ccc(N2C(=O)CC[C@H]2C(=O)Nc2cc(C(C)(C)C)on2)cc1.CCC(=O)c1cccc(N2C(=O)CC[C@H]2C(=O)Nc2cc(C(C)(C)C)on2)c1.CN(C)C(=O)c1cccc(N2C(=O)CC[C@H]2C(=O)Nc2cc(C(C)(C)C)on2)c1.CNC(=O)c1ccc(N2C(=O)CC[C@H]2C(=O)Nc2cc(C(C)(C)C)on2)cc1.CNc1ccc(N2C(=O)CC[C@H]2C(=O)Nc2cc(C(C)(C)C)on2)cc1. The molecule has 15 rings (SSSR count). The normalized spacial score (nSPS) is 17.0. The Morgan fingerprint density at radius 1 is 0.350 bits per heavy atom. The standard InChI is InChI=1S/2C21H26N4O4.C21H25N3O4.C20H24N4O4.C19H24N4O3/c1-13(26)24(5)14-6-8-15(9-7-14)25-16(10-11-19(25)27)20(28)22-18-12-17(29-23-18)21(2,3)4;1-21(2,3)16-12-17(23-29-16)22-19(27)15-9-10-18(26)25(15)14-8-6-7-13(11-14)20(28)24(4)5;1-5-16(25)13-7-6-8-14(11-13)24-15(9-10-19(24)26)20(27)22-18-12-17(28-23-18)21(2,3)4;1-20(2,3)15-11-16(23-28-15)22-19(27)14-9-10-17(25)24(14)13-7-5-12(6-8-13)18(26)21-4;1-19(2,3)15-11-16(22-26-15)21-18(25)14-9-10-17(24)23(14)13-7-5-12(20-4)6-8-13/h6-9,12,16H,10-11H2,1-5H3,(H,22,23,28);6-8,11-12,15H,9-10H2,1-5H3,(H,22,23,27);6-8,11-12,15H,5,9-10H2,1-4H3,(H,22,23,27);5-8,11,14H,9-10H2,1-4H3,(H,21,26)(H,22,23,27);5-8,11,14,20H,9-10H2,1-4H3,(H,21,22,25)/t16-;2*15-;2*14-/m00000/s1. The zero-order valence-corrected chi connectivity index (χ0v) is 83.2. The molecule has 38 heteroatoms. The van der Waals surface area contributed by atoms with Crippen molar-refractivity contribution in [2.24, 2.45) is 0 Å². The first-order valence-electron chi connectivity index (χ1n) is 46.3. The van der Waals surface area contributed by atoms with Gasteiger partial charge in [-0.15, -0.1) is 0 Å². The van der Waals surface area contributed by atoms with Gasteiger partial charge in [0, 0.05) is 195 Å². The van der Waals surface area contributed by atoms with E-state index in [1.54, 1.807) is 167 Å². The van der Waals surface area contributed by atoms with Crippen molar-refractivity contribution in [1.82, 2.24) is 36.0 Å². The van der Waals surface area contributed by atoms with Crippen LogP contribution < -0.4 is 66.6 Å². The lowest BCUT2D eigenvalue weighted by atomic mass is 9.93. The summed E-state index contributed by atoms with van der Waals surface area (Å²) in [7, 11) is 8.38. The summed E-state index contributed by atoms with van der Waals surface area (Å²) in [6, 6.07) is 40.0. The van der Waals surface area contributed by atoms with E-state index in [9.17, 15) is 67.1 Å². The zero-order chi connectivity index (χ0) is 103. The number of benzene rings is 5. The highest BCUT2D eigenvalue weighted by molar-refractivity contribution is 6.12. The van der Waals surface area contributed by atoms with Crippen LogP contribution in [-0.4, -0.2) is 179 Å². The van der Waals surface area contributed by atoms with Crippen LogP contribution in [0, 0.1) is 0 Å². The Bertz CT molecular complexity index is 6210. The molecular formula is C102H125N19O19. The minimum atomic E-state index is -0.679. The maximum Gasteiger partial charge on any atom is 0.253 e. The van der Waals surface area contributed by atoms with Gasteiger partial charge in [-0.05, 0) is 135 Å². The van der Waals surface area contributed by atoms with E-state index >= 15 is 0 Å². The van der Waals surface area contributed by atoms with Gasteiger partial charge in [0.1, 0.15) is 59.0 Å². The van der Waals surface area contributed by atoms with Gasteiger partial charge in [0.25, 0.3) is 11.8 Å². The van der Waals surface area contributed by atoms with Crippen LogP contribution in [0.5, 0.6) is 0 Å². The average molecular weight is 1920 g/mol. The lowest BCUT2D eigenvalue weighted by Crippen LogP contribution is -2.42. The molecule has 0 bridgehead atoms. The van der Waals surface area contributed by atoms with Crippen molar-refractivity contribution in [3.63, 3.8) is 0 Å². The third-order valence-corrected chi connectivity index (χ3v) is 23.7. The number of amides is 13. The van der Waals surface area contributed by atoms with Crippen molar-refractivity contribution < 1.29 is 89.7 Å². The highest BCUT2D eigenvalue weighted by atomic mass is 16.5. The second-order valence-electron chi connectivity index (χ2n) is 39.8. The van der Waals surface area contributed by atoms with Crippen LogP contribution in [-0.2, 0) is 79.8 Å². The molecule has 5 atom stereocenters. The fourth-order valence-corrected chi connectivity index (χ4v) is 15.6. The summed E-state index contributed by atoms with van der Waals surface area (Å²) < 4.78 is 26.5. The highest BCUT2D eigenvalue weighted by Crippen LogP contribution is 2.38. The Kier molecular flexibility index (Phi) is 33.1. The first-order valence-corrected chi connectivity index (χ1v) is 46.3. The van der Waals surface area contributed by atoms with E-state index in [0.717, 1.165) is 5.69 Å². The fraction of sp³-hybridized carbons (Fsp3) is 0.422. The summed E-state index contributed by atoms with van der Waals surface area (Å²) in [6.45, 7) is 33.1. The molecule has 0 saturated carbocycles. The molecule has 5 saturated heterocycles. The van der Waals surface area contributed by atoms with Gasteiger partial charge >= 0.3 is 0 Å². The molecule has 140 heavy (non-hydrogen) atoms. The number of nitrogens with one attached hydrogen (secondary N) is 7. The van der Waals surface area contributed by atoms with Crippen LogP contribution in [0.2, 0.25) is 0 Å². The Hall–Kier alpha value is -15.3. The molecule has 5 aromatic carbocycles. The van der Waals surface area contributed by atoms with Crippen molar-refractivity contribution in [3.05, 3.63) is 197 Å². The van der Waals surface area contributed by atoms with E-state index in [1.165, 1.54) is 36.3 Å². The second-order valence-corrected chi connectivity index (χ2v) is 39.8. The van der Waals surface area contributed by atoms with Crippen LogP contribution in [0.25, 0.3) is 0 Å². The lowest BCUT2D eigenvalue weighted by Gasteiger charge is -2.24. The van der Waals surface area contributed by atoms with Crippen molar-refractivity contribution in [3.8, 4) is 0 Å². The van der Waals surface area contributed by atoms with Crippen LogP contribution in [0.3, 0.4) is 0 Å². The highest BCUT2D eigenvalue weighted by Gasteiger charge is 2.44. The number of hydrogen-bond acceptors (Lipinski definition) is 25. The largest absolute Gasteiger partial charge is 0.388 e. The second kappa shape index (κ2) is 44.0. The predicted molar refractivity (Wildman–Crippen MR) is 529 cm³/mol. The number of rotatable bonds is 21. The van der Waals surface area contributed by atoms with Gasteiger partial charge in [0.15, 0.2) is 34.9 Å². The van der Waals surface area contributed by atoms with E-state index in [1.807, 2.05) is 135 Å². The number of aromatic nitrogens is 5. The molecule has 13 amide bonds. The van der Waals surface area contributed by atoms with E-state index in [0.29, 0.717) is 160 Å². The summed E-state index contributed by atoms with van der Waals surface area (Å²) in [5, 5.41) is 38.8. The number of carbonyl (C=O) groups is 14. The first-order chi connectivity index (χ1) is 65.8. The van der Waals surface area contributed by atoms with Crippen LogP contribution in [0.4, 0.5) is 68.9 Å². The first kappa shape index (κ1) is 105. The number of anilines is 12. The van der Waals surface area contributed by atoms with Gasteiger partial charge < -0.3 is 69.6 Å². The quantitative estimate of drug-likeness (QED) is 0.0329. The molecule has 0 radical (unpaired) electrons. The van der Waals surface area contributed by atoms with E-state index in [-0.39, 0.29) is 129 Å². The van der Waals surface area contributed by atoms with Crippen molar-refractivity contribution in [2.45, 2.75) is 246 Å². The average Bonchev–Trinajstić information content (AvgIpc) is 1.66. The monoisotopic (exact) mass is 1920 g/mol. The molecule has 10 heterocycles. The topological polar surface area (TPSA) is 476 Å².